The van der Waals surface area contributed by atoms with Crippen LogP contribution in [0.4, 0.5) is 5.69 Å². The zero-order chi connectivity index (χ0) is 13.1. The van der Waals surface area contributed by atoms with Crippen LogP contribution in [-0.4, -0.2) is 17.0 Å². The summed E-state index contributed by atoms with van der Waals surface area (Å²) in [7, 11) is 0. The minimum Gasteiger partial charge on any atom is -0.409 e. The molecule has 1 aromatic rings. The maximum atomic E-state index is 12.0. The van der Waals surface area contributed by atoms with Crippen LogP contribution in [0.3, 0.4) is 0 Å². The SMILES string of the molecule is Cc1cccc(NC(=O)C(C)(C)C(N)=NO)c1. The fraction of sp³-hybridized carbons (Fsp3) is 0.333. The van der Waals surface area contributed by atoms with Crippen molar-refractivity contribution in [3.05, 3.63) is 29.8 Å². The predicted octanol–water partition coefficient (Wildman–Crippen LogP) is 1.71. The summed E-state index contributed by atoms with van der Waals surface area (Å²) in [5, 5.41) is 14.2. The van der Waals surface area contributed by atoms with Gasteiger partial charge in [-0.15, -0.1) is 0 Å². The molecule has 0 spiro atoms. The van der Waals surface area contributed by atoms with Crippen molar-refractivity contribution in [2.24, 2.45) is 16.3 Å². The Kier molecular flexibility index (Phi) is 3.73. The van der Waals surface area contributed by atoms with Crippen LogP contribution in [0.2, 0.25) is 0 Å². The van der Waals surface area contributed by atoms with E-state index in [0.29, 0.717) is 5.69 Å². The molecule has 0 fully saturated rings. The molecule has 0 aliphatic heterocycles. The van der Waals surface area contributed by atoms with Crippen molar-refractivity contribution in [3.8, 4) is 0 Å². The quantitative estimate of drug-likeness (QED) is 0.322. The fourth-order valence-electron chi connectivity index (χ4n) is 1.25. The molecule has 92 valence electrons. The average Bonchev–Trinajstić information content (AvgIpc) is 2.27. The highest BCUT2D eigenvalue weighted by Gasteiger charge is 2.32. The zero-order valence-corrected chi connectivity index (χ0v) is 10.2. The number of aryl methyl sites for hydroxylation is 1. The number of nitrogens with one attached hydrogen (secondary N) is 1. The third-order valence-electron chi connectivity index (χ3n) is 2.59. The van der Waals surface area contributed by atoms with E-state index in [0.717, 1.165) is 5.56 Å². The number of nitrogens with zero attached hydrogens (tertiary/aromatic N) is 1. The van der Waals surface area contributed by atoms with Crippen molar-refractivity contribution in [1.29, 1.82) is 0 Å². The van der Waals surface area contributed by atoms with Gasteiger partial charge >= 0.3 is 0 Å². The van der Waals surface area contributed by atoms with Gasteiger partial charge in [0.15, 0.2) is 5.84 Å². The van der Waals surface area contributed by atoms with Gasteiger partial charge in [-0.05, 0) is 38.5 Å². The van der Waals surface area contributed by atoms with Crippen molar-refractivity contribution < 1.29 is 10.0 Å². The number of carbonyl (C=O) groups excluding carboxylic acids is 1. The van der Waals surface area contributed by atoms with Gasteiger partial charge in [-0.1, -0.05) is 17.3 Å². The first-order valence-electron chi connectivity index (χ1n) is 5.24. The van der Waals surface area contributed by atoms with Gasteiger partial charge in [0.25, 0.3) is 0 Å². The number of hydrogen-bond donors (Lipinski definition) is 3. The highest BCUT2D eigenvalue weighted by Crippen LogP contribution is 2.19. The van der Waals surface area contributed by atoms with E-state index in [9.17, 15) is 4.79 Å². The molecule has 0 saturated heterocycles. The molecule has 1 rings (SSSR count). The Hall–Kier alpha value is -2.04. The highest BCUT2D eigenvalue weighted by atomic mass is 16.4. The number of oxime groups is 1. The molecule has 0 radical (unpaired) electrons. The van der Waals surface area contributed by atoms with Crippen molar-refractivity contribution >= 4 is 17.4 Å². The Morgan fingerprint density at radius 3 is 2.65 bits per heavy atom. The monoisotopic (exact) mass is 235 g/mol. The Morgan fingerprint density at radius 2 is 2.12 bits per heavy atom. The van der Waals surface area contributed by atoms with Gasteiger partial charge in [-0.25, -0.2) is 0 Å². The molecule has 17 heavy (non-hydrogen) atoms. The first-order chi connectivity index (χ1) is 7.87. The van der Waals surface area contributed by atoms with Gasteiger partial charge in [0.05, 0.1) is 0 Å². The zero-order valence-electron chi connectivity index (χ0n) is 10.2. The van der Waals surface area contributed by atoms with E-state index >= 15 is 0 Å². The summed E-state index contributed by atoms with van der Waals surface area (Å²) in [5.74, 6) is -0.443. The summed E-state index contributed by atoms with van der Waals surface area (Å²) in [5.41, 5.74) is 6.15. The van der Waals surface area contributed by atoms with Gasteiger partial charge < -0.3 is 16.3 Å². The number of carbonyl (C=O) groups is 1. The number of anilines is 1. The first kappa shape index (κ1) is 13.0. The normalized spacial score (nSPS) is 12.3. The highest BCUT2D eigenvalue weighted by molar-refractivity contribution is 6.11. The van der Waals surface area contributed by atoms with E-state index in [1.807, 2.05) is 25.1 Å². The molecule has 5 nitrogen and oxygen atoms in total. The Bertz CT molecular complexity index is 453. The van der Waals surface area contributed by atoms with Crippen molar-refractivity contribution in [2.75, 3.05) is 5.32 Å². The van der Waals surface area contributed by atoms with Crippen LogP contribution in [0, 0.1) is 12.3 Å². The lowest BCUT2D eigenvalue weighted by atomic mass is 9.91. The molecule has 1 aromatic carbocycles. The number of hydrogen-bond acceptors (Lipinski definition) is 3. The standard InChI is InChI=1S/C12H17N3O2/c1-8-5-4-6-9(7-8)14-11(16)12(2,3)10(13)15-17/h4-7,17H,1-3H3,(H2,13,15)(H,14,16). The molecule has 5 heteroatoms. The van der Waals surface area contributed by atoms with Crippen LogP contribution in [0.5, 0.6) is 0 Å². The van der Waals surface area contributed by atoms with Crippen LogP contribution in [0.25, 0.3) is 0 Å². The van der Waals surface area contributed by atoms with Gasteiger partial charge in [0.1, 0.15) is 5.41 Å². The topological polar surface area (TPSA) is 87.7 Å². The van der Waals surface area contributed by atoms with E-state index in [2.05, 4.69) is 10.5 Å². The van der Waals surface area contributed by atoms with E-state index in [1.165, 1.54) is 0 Å². The molecule has 0 aliphatic rings. The third kappa shape index (κ3) is 2.96. The summed E-state index contributed by atoms with van der Waals surface area (Å²) in [4.78, 5) is 12.0. The van der Waals surface area contributed by atoms with Gasteiger partial charge in [0.2, 0.25) is 5.91 Å². The number of rotatable bonds is 3. The second-order valence-corrected chi connectivity index (χ2v) is 4.43. The van der Waals surface area contributed by atoms with E-state index in [-0.39, 0.29) is 11.7 Å². The van der Waals surface area contributed by atoms with Crippen LogP contribution >= 0.6 is 0 Å². The van der Waals surface area contributed by atoms with Gasteiger partial charge in [-0.3, -0.25) is 4.79 Å². The maximum Gasteiger partial charge on any atom is 0.237 e. The van der Waals surface area contributed by atoms with Gasteiger partial charge in [0, 0.05) is 5.69 Å². The van der Waals surface area contributed by atoms with E-state index < -0.39 is 5.41 Å². The molecule has 0 atom stereocenters. The Labute approximate surface area is 100 Å². The summed E-state index contributed by atoms with van der Waals surface area (Å²) in [6.45, 7) is 5.12. The lowest BCUT2D eigenvalue weighted by molar-refractivity contribution is -0.121. The predicted molar refractivity (Wildman–Crippen MR) is 67.0 cm³/mol. The van der Waals surface area contributed by atoms with Crippen LogP contribution < -0.4 is 11.1 Å². The molecular weight excluding hydrogens is 218 g/mol. The molecule has 0 aliphatic carbocycles. The second kappa shape index (κ2) is 4.86. The second-order valence-electron chi connectivity index (χ2n) is 4.43. The first-order valence-corrected chi connectivity index (χ1v) is 5.24. The molecule has 1 amide bonds. The van der Waals surface area contributed by atoms with Crippen LogP contribution in [-0.2, 0) is 4.79 Å². The van der Waals surface area contributed by atoms with Crippen molar-refractivity contribution in [3.63, 3.8) is 0 Å². The van der Waals surface area contributed by atoms with Crippen molar-refractivity contribution in [2.45, 2.75) is 20.8 Å². The minimum atomic E-state index is -1.06. The molecule has 0 bridgehead atoms. The Morgan fingerprint density at radius 1 is 1.47 bits per heavy atom. The van der Waals surface area contributed by atoms with Crippen molar-refractivity contribution in [1.82, 2.24) is 0 Å². The molecular formula is C12H17N3O2. The smallest absolute Gasteiger partial charge is 0.237 e. The maximum absolute atomic E-state index is 12.0. The summed E-state index contributed by atoms with van der Waals surface area (Å²) < 4.78 is 0. The third-order valence-corrected chi connectivity index (χ3v) is 2.59. The number of amidine groups is 1. The molecule has 0 aromatic heterocycles. The fourth-order valence-corrected chi connectivity index (χ4v) is 1.25. The minimum absolute atomic E-state index is 0.123. The Balaban J connectivity index is 2.86. The summed E-state index contributed by atoms with van der Waals surface area (Å²) >= 11 is 0. The molecule has 0 heterocycles. The summed E-state index contributed by atoms with van der Waals surface area (Å²) in [6, 6.07) is 7.42. The lowest BCUT2D eigenvalue weighted by Crippen LogP contribution is -2.42. The molecule has 4 N–H and O–H groups in total. The van der Waals surface area contributed by atoms with Crippen LogP contribution in [0.1, 0.15) is 19.4 Å². The lowest BCUT2D eigenvalue weighted by Gasteiger charge is -2.21. The molecule has 0 unspecified atom stereocenters. The molecule has 0 saturated carbocycles. The number of amides is 1. The largest absolute Gasteiger partial charge is 0.409 e. The summed E-state index contributed by atoms with van der Waals surface area (Å²) in [6.07, 6.45) is 0. The van der Waals surface area contributed by atoms with E-state index in [4.69, 9.17) is 10.9 Å². The number of nitrogens with two attached hydrogens (primary N) is 1. The van der Waals surface area contributed by atoms with Crippen LogP contribution in [0.15, 0.2) is 29.4 Å². The van der Waals surface area contributed by atoms with E-state index in [1.54, 1.807) is 19.9 Å². The van der Waals surface area contributed by atoms with Gasteiger partial charge in [-0.2, -0.15) is 0 Å². The number of benzene rings is 1. The average molecular weight is 235 g/mol.